The summed E-state index contributed by atoms with van der Waals surface area (Å²) < 4.78 is 2.20. The molecule has 0 unspecified atom stereocenters. The summed E-state index contributed by atoms with van der Waals surface area (Å²) in [7, 11) is 0. The van der Waals surface area contributed by atoms with Crippen molar-refractivity contribution >= 4 is 61.1 Å². The molecule has 8 rings (SSSR count). The van der Waals surface area contributed by atoms with Gasteiger partial charge in [0.2, 0.25) is 0 Å². The highest BCUT2D eigenvalue weighted by atomic mass is 15.0. The lowest BCUT2D eigenvalue weighted by molar-refractivity contribution is 1.21. The average Bonchev–Trinajstić information content (AvgIpc) is 3.43. The second-order valence-corrected chi connectivity index (χ2v) is 10.5. The maximum Gasteiger partial charge on any atom is 0.146 e. The van der Waals surface area contributed by atoms with Crippen LogP contribution >= 0.6 is 0 Å². The molecule has 0 saturated heterocycles. The largest absolute Gasteiger partial charge is 0.292 e. The Labute approximate surface area is 238 Å². The van der Waals surface area contributed by atoms with Gasteiger partial charge in [-0.15, -0.1) is 0 Å². The minimum Gasteiger partial charge on any atom is -0.292 e. The smallest absolute Gasteiger partial charge is 0.146 e. The number of nitrogens with zero attached hydrogens (tertiary/aromatic N) is 2. The van der Waals surface area contributed by atoms with Crippen LogP contribution in [0.25, 0.3) is 83.4 Å². The number of para-hydroxylation sites is 2. The van der Waals surface area contributed by atoms with E-state index in [0.29, 0.717) is 0 Å². The van der Waals surface area contributed by atoms with Crippen molar-refractivity contribution in [2.75, 3.05) is 0 Å². The van der Waals surface area contributed by atoms with Crippen LogP contribution in [0.5, 0.6) is 0 Å². The molecule has 0 aliphatic carbocycles. The Balaban J connectivity index is 1.29. The van der Waals surface area contributed by atoms with E-state index in [0.717, 1.165) is 44.3 Å². The van der Waals surface area contributed by atoms with Crippen molar-refractivity contribution in [3.05, 3.63) is 146 Å². The molecule has 0 amide bonds. The van der Waals surface area contributed by atoms with Crippen LogP contribution in [-0.4, -0.2) is 9.38 Å². The Kier molecular flexibility index (Phi) is 5.16. The lowest BCUT2D eigenvalue weighted by Gasteiger charge is -2.14. The van der Waals surface area contributed by atoms with Gasteiger partial charge in [-0.25, -0.2) is 4.98 Å². The summed E-state index contributed by atoms with van der Waals surface area (Å²) in [6.07, 6.45) is 3.85. The molecule has 41 heavy (non-hydrogen) atoms. The van der Waals surface area contributed by atoms with Gasteiger partial charge in [0.25, 0.3) is 0 Å². The first-order valence-corrected chi connectivity index (χ1v) is 13.9. The lowest BCUT2D eigenvalue weighted by atomic mass is 9.92. The van der Waals surface area contributed by atoms with E-state index in [1.807, 2.05) is 18.2 Å². The molecular formula is C39H26N2. The second kappa shape index (κ2) is 9.04. The molecule has 0 spiro atoms. The van der Waals surface area contributed by atoms with E-state index < -0.39 is 0 Å². The van der Waals surface area contributed by atoms with Crippen LogP contribution in [0.15, 0.2) is 134 Å². The van der Waals surface area contributed by atoms with Crippen molar-refractivity contribution in [2.24, 2.45) is 0 Å². The summed E-state index contributed by atoms with van der Waals surface area (Å²) in [5.74, 6) is 0. The fourth-order valence-electron chi connectivity index (χ4n) is 6.40. The molecule has 2 aromatic heterocycles. The number of imidazole rings is 1. The Hall–Kier alpha value is -5.47. The number of aromatic nitrogens is 2. The van der Waals surface area contributed by atoms with Crippen LogP contribution < -0.4 is 0 Å². The summed E-state index contributed by atoms with van der Waals surface area (Å²) in [6, 6.07) is 43.5. The van der Waals surface area contributed by atoms with Gasteiger partial charge in [-0.2, -0.15) is 0 Å². The van der Waals surface area contributed by atoms with E-state index in [9.17, 15) is 0 Å². The summed E-state index contributed by atoms with van der Waals surface area (Å²) in [6.45, 7) is 8.32. The minimum absolute atomic E-state index is 0.937. The Morgan fingerprint density at radius 1 is 0.537 bits per heavy atom. The molecule has 192 valence electrons. The van der Waals surface area contributed by atoms with Crippen LogP contribution in [0, 0.1) is 0 Å². The van der Waals surface area contributed by atoms with Crippen LogP contribution in [0.1, 0.15) is 11.3 Å². The topological polar surface area (TPSA) is 17.3 Å². The van der Waals surface area contributed by atoms with Gasteiger partial charge < -0.3 is 0 Å². The molecule has 0 aliphatic heterocycles. The molecule has 8 aromatic rings. The average molecular weight is 523 g/mol. The van der Waals surface area contributed by atoms with E-state index in [1.165, 1.54) is 38.2 Å². The predicted octanol–water partition coefficient (Wildman–Crippen LogP) is 10.6. The van der Waals surface area contributed by atoms with Gasteiger partial charge >= 0.3 is 0 Å². The van der Waals surface area contributed by atoms with Crippen molar-refractivity contribution in [3.63, 3.8) is 0 Å². The normalized spacial score (nSPS) is 11.6. The molecule has 0 radical (unpaired) electrons. The maximum absolute atomic E-state index is 5.00. The quantitative estimate of drug-likeness (QED) is 0.210. The van der Waals surface area contributed by atoms with Crippen LogP contribution in [0.3, 0.4) is 0 Å². The SMILES string of the molecule is C=Cc1c(C=C)n2c3ccccc3nc2c2ccc(-c3ccc(-c4cc5ccccc5c5ccccc45)cc3)cc12. The number of fused-ring (bicyclic) bond motifs is 8. The van der Waals surface area contributed by atoms with E-state index in [1.54, 1.807) is 0 Å². The number of pyridine rings is 1. The van der Waals surface area contributed by atoms with E-state index in [4.69, 9.17) is 4.98 Å². The maximum atomic E-state index is 5.00. The molecule has 2 heterocycles. The highest BCUT2D eigenvalue weighted by molar-refractivity contribution is 6.14. The predicted molar refractivity (Wildman–Crippen MR) is 176 cm³/mol. The van der Waals surface area contributed by atoms with Crippen LogP contribution in [0.4, 0.5) is 0 Å². The highest BCUT2D eigenvalue weighted by Gasteiger charge is 2.16. The monoisotopic (exact) mass is 522 g/mol. The first kappa shape index (κ1) is 23.4. The Morgan fingerprint density at radius 3 is 2.02 bits per heavy atom. The van der Waals surface area contributed by atoms with Crippen molar-refractivity contribution in [3.8, 4) is 22.3 Å². The van der Waals surface area contributed by atoms with Crippen LogP contribution in [-0.2, 0) is 0 Å². The summed E-state index contributed by atoms with van der Waals surface area (Å²) in [4.78, 5) is 5.00. The molecule has 0 atom stereocenters. The van der Waals surface area contributed by atoms with Crippen molar-refractivity contribution in [2.45, 2.75) is 0 Å². The van der Waals surface area contributed by atoms with Crippen molar-refractivity contribution < 1.29 is 0 Å². The third-order valence-electron chi connectivity index (χ3n) is 8.32. The summed E-state index contributed by atoms with van der Waals surface area (Å²) >= 11 is 0. The zero-order valence-corrected chi connectivity index (χ0v) is 22.5. The number of rotatable bonds is 4. The number of hydrogen-bond acceptors (Lipinski definition) is 1. The third-order valence-corrected chi connectivity index (χ3v) is 8.32. The second-order valence-electron chi connectivity index (χ2n) is 10.5. The summed E-state index contributed by atoms with van der Waals surface area (Å²) in [5.41, 5.74) is 9.84. The summed E-state index contributed by atoms with van der Waals surface area (Å²) in [5, 5.41) is 7.33. The van der Waals surface area contributed by atoms with Gasteiger partial charge in [0.1, 0.15) is 5.65 Å². The highest BCUT2D eigenvalue weighted by Crippen LogP contribution is 2.37. The van der Waals surface area contributed by atoms with Crippen LogP contribution in [0.2, 0.25) is 0 Å². The molecule has 0 saturated carbocycles. The lowest BCUT2D eigenvalue weighted by Crippen LogP contribution is -1.97. The first-order chi connectivity index (χ1) is 20.2. The Morgan fingerprint density at radius 2 is 1.22 bits per heavy atom. The fourth-order valence-corrected chi connectivity index (χ4v) is 6.40. The standard InChI is InChI=1S/C39H26N2/c1-3-29-35-23-27(21-22-33(35)39-40-36-15-9-10-16-38(36)41(39)37(29)4-2)25-17-19-26(20-18-25)34-24-28-11-5-6-12-30(28)31-13-7-8-14-32(31)34/h3-24H,1-2H2. The third kappa shape index (κ3) is 3.48. The van der Waals surface area contributed by atoms with Gasteiger partial charge in [0, 0.05) is 10.9 Å². The molecule has 2 heteroatoms. The number of hydrogen-bond donors (Lipinski definition) is 0. The van der Waals surface area contributed by atoms with Crippen molar-refractivity contribution in [1.29, 1.82) is 0 Å². The van der Waals surface area contributed by atoms with Gasteiger partial charge in [0.05, 0.1) is 16.7 Å². The molecule has 0 bridgehead atoms. The van der Waals surface area contributed by atoms with Gasteiger partial charge in [-0.05, 0) is 85.6 Å². The van der Waals surface area contributed by atoms with Crippen molar-refractivity contribution in [1.82, 2.24) is 9.38 Å². The number of benzene rings is 6. The Bertz CT molecular complexity index is 2340. The molecule has 0 aliphatic rings. The fraction of sp³-hybridized carbons (Fsp3) is 0. The van der Waals surface area contributed by atoms with E-state index in [-0.39, 0.29) is 0 Å². The van der Waals surface area contributed by atoms with Gasteiger partial charge in [-0.1, -0.05) is 110 Å². The minimum atomic E-state index is 0.937. The zero-order valence-electron chi connectivity index (χ0n) is 22.5. The van der Waals surface area contributed by atoms with Gasteiger partial charge in [-0.3, -0.25) is 4.40 Å². The molecule has 0 N–H and O–H groups in total. The molecule has 0 fully saturated rings. The first-order valence-electron chi connectivity index (χ1n) is 13.9. The molecule has 2 nitrogen and oxygen atoms in total. The van der Waals surface area contributed by atoms with E-state index in [2.05, 4.69) is 133 Å². The zero-order chi connectivity index (χ0) is 27.5. The van der Waals surface area contributed by atoms with Gasteiger partial charge in [0.15, 0.2) is 0 Å². The van der Waals surface area contributed by atoms with E-state index >= 15 is 0 Å². The molecule has 6 aromatic carbocycles. The molecular weight excluding hydrogens is 496 g/mol.